The van der Waals surface area contributed by atoms with Crippen LogP contribution in [-0.4, -0.2) is 20.6 Å². The number of benzene rings is 3. The number of aliphatic hydroxyl groups is 1. The van der Waals surface area contributed by atoms with Gasteiger partial charge in [-0.2, -0.15) is 0 Å². The zero-order valence-corrected chi connectivity index (χ0v) is 16.3. The van der Waals surface area contributed by atoms with Gasteiger partial charge in [-0.3, -0.25) is 4.79 Å². The molecule has 1 atom stereocenters. The van der Waals surface area contributed by atoms with Gasteiger partial charge in [0.1, 0.15) is 11.6 Å². The normalized spacial score (nSPS) is 12.1. The maximum absolute atomic E-state index is 13.0. The second-order valence-electron chi connectivity index (χ2n) is 7.13. The highest BCUT2D eigenvalue weighted by Crippen LogP contribution is 2.22. The van der Waals surface area contributed by atoms with E-state index in [9.17, 15) is 14.3 Å². The van der Waals surface area contributed by atoms with Gasteiger partial charge in [-0.15, -0.1) is 0 Å². The maximum atomic E-state index is 13.0. The van der Waals surface area contributed by atoms with E-state index in [1.165, 1.54) is 12.1 Å². The average molecular weight is 403 g/mol. The number of hydrogen-bond acceptors (Lipinski definition) is 3. The summed E-state index contributed by atoms with van der Waals surface area (Å²) < 4.78 is 14.9. The van der Waals surface area contributed by atoms with Crippen LogP contribution in [0.5, 0.6) is 0 Å². The van der Waals surface area contributed by atoms with Crippen LogP contribution < -0.4 is 5.32 Å². The molecule has 0 bridgehead atoms. The molecule has 0 saturated carbocycles. The number of hydrogen-bond donors (Lipinski definition) is 2. The molecule has 0 saturated heterocycles. The van der Waals surface area contributed by atoms with Gasteiger partial charge in [-0.25, -0.2) is 9.37 Å². The molecule has 0 fully saturated rings. The summed E-state index contributed by atoms with van der Waals surface area (Å²) in [5, 5.41) is 13.6. The molecule has 0 unspecified atom stereocenters. The number of imidazole rings is 1. The molecule has 0 radical (unpaired) electrons. The lowest BCUT2D eigenvalue weighted by Gasteiger charge is -2.15. The Morgan fingerprint density at radius 2 is 1.70 bits per heavy atom. The molecule has 152 valence electrons. The SMILES string of the molecule is O=C(Cc1nc2ccccc2n1C[C@@H](O)c1ccccc1)NCc1ccc(F)cc1. The summed E-state index contributed by atoms with van der Waals surface area (Å²) in [5.74, 6) is 0.0867. The van der Waals surface area contributed by atoms with Crippen molar-refractivity contribution in [2.75, 3.05) is 0 Å². The van der Waals surface area contributed by atoms with E-state index in [0.717, 1.165) is 22.2 Å². The summed E-state index contributed by atoms with van der Waals surface area (Å²) in [7, 11) is 0. The Balaban J connectivity index is 1.52. The third-order valence-electron chi connectivity index (χ3n) is 5.00. The van der Waals surface area contributed by atoms with Crippen LogP contribution in [0.3, 0.4) is 0 Å². The lowest BCUT2D eigenvalue weighted by atomic mass is 10.1. The number of carbonyl (C=O) groups excluding carboxylic acids is 1. The van der Waals surface area contributed by atoms with E-state index < -0.39 is 6.10 Å². The molecule has 0 aliphatic rings. The van der Waals surface area contributed by atoms with E-state index in [1.54, 1.807) is 12.1 Å². The Kier molecular flexibility index (Phi) is 5.86. The number of nitrogens with zero attached hydrogens (tertiary/aromatic N) is 2. The molecule has 4 rings (SSSR count). The Hall–Kier alpha value is -3.51. The molecule has 5 nitrogen and oxygen atoms in total. The van der Waals surface area contributed by atoms with Crippen molar-refractivity contribution in [3.8, 4) is 0 Å². The van der Waals surface area contributed by atoms with Crippen molar-refractivity contribution in [3.05, 3.63) is 102 Å². The molecule has 1 amide bonds. The van der Waals surface area contributed by atoms with Gasteiger partial charge < -0.3 is 15.0 Å². The van der Waals surface area contributed by atoms with E-state index in [1.807, 2.05) is 59.2 Å². The Morgan fingerprint density at radius 1 is 1.00 bits per heavy atom. The molecule has 4 aromatic rings. The third kappa shape index (κ3) is 4.55. The van der Waals surface area contributed by atoms with Gasteiger partial charge in [-0.05, 0) is 35.4 Å². The highest BCUT2D eigenvalue weighted by molar-refractivity contribution is 5.81. The van der Waals surface area contributed by atoms with Crippen LogP contribution in [0.1, 0.15) is 23.1 Å². The van der Waals surface area contributed by atoms with E-state index in [4.69, 9.17) is 0 Å². The first-order chi connectivity index (χ1) is 14.6. The number of nitrogens with one attached hydrogen (secondary N) is 1. The zero-order valence-electron chi connectivity index (χ0n) is 16.3. The minimum atomic E-state index is -0.718. The summed E-state index contributed by atoms with van der Waals surface area (Å²) >= 11 is 0. The van der Waals surface area contributed by atoms with Crippen LogP contribution in [0.2, 0.25) is 0 Å². The largest absolute Gasteiger partial charge is 0.387 e. The molecule has 6 heteroatoms. The average Bonchev–Trinajstić information content (AvgIpc) is 3.11. The standard InChI is InChI=1S/C24H22FN3O2/c25-19-12-10-17(11-13-19)15-26-24(30)14-23-27-20-8-4-5-9-21(20)28(23)16-22(29)18-6-2-1-3-7-18/h1-13,22,29H,14-16H2,(H,26,30)/t22-/m1/s1. The van der Waals surface area contributed by atoms with Crippen LogP contribution in [0.15, 0.2) is 78.9 Å². The molecular formula is C24H22FN3O2. The summed E-state index contributed by atoms with van der Waals surface area (Å²) in [6.07, 6.45) is -0.637. The van der Waals surface area contributed by atoms with Crippen LogP contribution in [0, 0.1) is 5.82 Å². The maximum Gasteiger partial charge on any atom is 0.227 e. The van der Waals surface area contributed by atoms with Crippen LogP contribution in [0.25, 0.3) is 11.0 Å². The Bertz CT molecular complexity index is 1140. The summed E-state index contributed by atoms with van der Waals surface area (Å²) in [4.78, 5) is 17.1. The first-order valence-corrected chi connectivity index (χ1v) is 9.78. The number of aromatic nitrogens is 2. The van der Waals surface area contributed by atoms with Crippen molar-refractivity contribution >= 4 is 16.9 Å². The number of amides is 1. The van der Waals surface area contributed by atoms with E-state index >= 15 is 0 Å². The number of fused-ring (bicyclic) bond motifs is 1. The van der Waals surface area contributed by atoms with Gasteiger partial charge in [0.15, 0.2) is 0 Å². The fourth-order valence-electron chi connectivity index (χ4n) is 3.43. The van der Waals surface area contributed by atoms with Gasteiger partial charge >= 0.3 is 0 Å². The van der Waals surface area contributed by atoms with Gasteiger partial charge in [0, 0.05) is 6.54 Å². The topological polar surface area (TPSA) is 67.2 Å². The Labute approximate surface area is 173 Å². The molecule has 0 spiro atoms. The van der Waals surface area contributed by atoms with Crippen LogP contribution in [0.4, 0.5) is 4.39 Å². The van der Waals surface area contributed by atoms with Gasteiger partial charge in [0.2, 0.25) is 5.91 Å². The number of halogens is 1. The van der Waals surface area contributed by atoms with E-state index in [0.29, 0.717) is 18.9 Å². The first-order valence-electron chi connectivity index (χ1n) is 9.78. The molecular weight excluding hydrogens is 381 g/mol. The predicted octanol–water partition coefficient (Wildman–Crippen LogP) is 3.77. The molecule has 2 N–H and O–H groups in total. The van der Waals surface area contributed by atoms with Crippen molar-refractivity contribution in [2.45, 2.75) is 25.6 Å². The van der Waals surface area contributed by atoms with Crippen molar-refractivity contribution in [1.29, 1.82) is 0 Å². The quantitative estimate of drug-likeness (QED) is 0.494. The van der Waals surface area contributed by atoms with Crippen LogP contribution >= 0.6 is 0 Å². The number of rotatable bonds is 7. The van der Waals surface area contributed by atoms with Crippen molar-refractivity contribution in [2.24, 2.45) is 0 Å². The lowest BCUT2D eigenvalue weighted by Crippen LogP contribution is -2.26. The summed E-state index contributed by atoms with van der Waals surface area (Å²) in [6.45, 7) is 0.608. The van der Waals surface area contributed by atoms with E-state index in [-0.39, 0.29) is 18.1 Å². The predicted molar refractivity (Wildman–Crippen MR) is 113 cm³/mol. The molecule has 30 heavy (non-hydrogen) atoms. The summed E-state index contributed by atoms with van der Waals surface area (Å²) in [5.41, 5.74) is 3.27. The van der Waals surface area contributed by atoms with Crippen molar-refractivity contribution in [3.63, 3.8) is 0 Å². The molecule has 1 heterocycles. The minimum Gasteiger partial charge on any atom is -0.387 e. The Morgan fingerprint density at radius 3 is 2.47 bits per heavy atom. The van der Waals surface area contributed by atoms with Gasteiger partial charge in [0.25, 0.3) is 0 Å². The highest BCUT2D eigenvalue weighted by Gasteiger charge is 2.17. The number of para-hydroxylation sites is 2. The third-order valence-corrected chi connectivity index (χ3v) is 5.00. The first kappa shape index (κ1) is 19.8. The van der Waals surface area contributed by atoms with Crippen LogP contribution in [-0.2, 0) is 24.3 Å². The van der Waals surface area contributed by atoms with E-state index in [2.05, 4.69) is 10.3 Å². The monoisotopic (exact) mass is 403 g/mol. The number of carbonyl (C=O) groups is 1. The summed E-state index contributed by atoms with van der Waals surface area (Å²) in [6, 6.07) is 23.1. The molecule has 3 aromatic carbocycles. The fraction of sp³-hybridized carbons (Fsp3) is 0.167. The van der Waals surface area contributed by atoms with Crippen molar-refractivity contribution < 1.29 is 14.3 Å². The van der Waals surface area contributed by atoms with Crippen molar-refractivity contribution in [1.82, 2.24) is 14.9 Å². The van der Waals surface area contributed by atoms with Gasteiger partial charge in [-0.1, -0.05) is 54.6 Å². The molecule has 0 aliphatic carbocycles. The second-order valence-corrected chi connectivity index (χ2v) is 7.13. The fourth-order valence-corrected chi connectivity index (χ4v) is 3.43. The minimum absolute atomic E-state index is 0.0807. The molecule has 0 aliphatic heterocycles. The smallest absolute Gasteiger partial charge is 0.227 e. The number of aliphatic hydroxyl groups excluding tert-OH is 1. The second kappa shape index (κ2) is 8.88. The zero-order chi connectivity index (χ0) is 20.9. The molecule has 1 aromatic heterocycles. The van der Waals surface area contributed by atoms with Gasteiger partial charge in [0.05, 0.1) is 30.1 Å². The lowest BCUT2D eigenvalue weighted by molar-refractivity contribution is -0.120. The highest BCUT2D eigenvalue weighted by atomic mass is 19.1.